The Kier molecular flexibility index (Phi) is 15.6. The molecular formula is C47H72O19. The third-order valence-electron chi connectivity index (χ3n) is 16.9. The third kappa shape index (κ3) is 9.11. The van der Waals surface area contributed by atoms with E-state index in [4.69, 9.17) is 14.2 Å². The molecule has 19 nitrogen and oxygen atoms in total. The molecule has 0 aromatic rings. The second-order valence-electron chi connectivity index (χ2n) is 21.3. The molecule has 0 aromatic carbocycles. The van der Waals surface area contributed by atoms with E-state index < -0.39 is 142 Å². The Morgan fingerprint density at radius 2 is 1.32 bits per heavy atom. The maximum atomic E-state index is 13.6. The molecule has 0 bridgehead atoms. The van der Waals surface area contributed by atoms with Crippen molar-refractivity contribution in [3.05, 3.63) is 46.7 Å². The van der Waals surface area contributed by atoms with Crippen LogP contribution in [-0.4, -0.2) is 141 Å². The van der Waals surface area contributed by atoms with Gasteiger partial charge in [0.25, 0.3) is 12.6 Å². The fourth-order valence-corrected chi connectivity index (χ4v) is 13.0. The van der Waals surface area contributed by atoms with Crippen molar-refractivity contribution in [2.24, 2.45) is 56.2 Å². The first-order valence-electron chi connectivity index (χ1n) is 22.7. The lowest BCUT2D eigenvalue weighted by Gasteiger charge is -2.72. The summed E-state index contributed by atoms with van der Waals surface area (Å²) < 4.78 is 16.7. The number of aliphatic hydroxyl groups excluding tert-OH is 12. The lowest BCUT2D eigenvalue weighted by atomic mass is 9.32. The summed E-state index contributed by atoms with van der Waals surface area (Å²) >= 11 is 0. The van der Waals surface area contributed by atoms with E-state index >= 15 is 0 Å². The summed E-state index contributed by atoms with van der Waals surface area (Å²) in [5.41, 5.74) is -3.73. The number of aliphatic carboxylic acids is 1. The van der Waals surface area contributed by atoms with Crippen LogP contribution in [0.2, 0.25) is 0 Å². The zero-order chi connectivity index (χ0) is 49.7. The standard InChI is InChI=1S/C47H72O19/c1-23(51)33(57)35(59)39(61)65-37(27(53)18-32(55)56)38(66-40(62)36(60)34(58)26(52)12-17-48)41(63)64-31-11-13-43(4)28(44(31,5)21-49)10-14-45(6)29(43)9-8-24-25-19-42(2,3)15-16-47(25,22-50)30(54)20-46(24,45)7/h8-9,21-31,39-41,48,51-54,57-63H,10-20H2,1-7H3,(H,55,56)/b35-33+,36-34-,38-37-/t23?,24?,25-,26?,27?,28+,29+,30+,31-,39?,40?,41?,43-,44-,45+,46+,47+/m0/s1. The minimum absolute atomic E-state index is 0.00568. The highest BCUT2D eigenvalue weighted by molar-refractivity contribution is 5.68. The number of hydrogen-bond donors (Lipinski definition) is 13. The van der Waals surface area contributed by atoms with Crippen molar-refractivity contribution < 1.29 is 95.0 Å². The summed E-state index contributed by atoms with van der Waals surface area (Å²) in [6, 6.07) is 0. The van der Waals surface area contributed by atoms with Crippen molar-refractivity contribution in [3.8, 4) is 0 Å². The quantitative estimate of drug-likeness (QED) is 0.0406. The van der Waals surface area contributed by atoms with Crippen molar-refractivity contribution in [1.29, 1.82) is 0 Å². The first-order valence-corrected chi connectivity index (χ1v) is 22.7. The van der Waals surface area contributed by atoms with E-state index in [-0.39, 0.29) is 29.6 Å². The summed E-state index contributed by atoms with van der Waals surface area (Å²) in [5.74, 6) is -10.3. The van der Waals surface area contributed by atoms with Crippen LogP contribution in [0.1, 0.15) is 113 Å². The van der Waals surface area contributed by atoms with Gasteiger partial charge in [0.05, 0.1) is 29.5 Å². The van der Waals surface area contributed by atoms with Gasteiger partial charge in [0.1, 0.15) is 30.9 Å². The summed E-state index contributed by atoms with van der Waals surface area (Å²) in [4.78, 5) is 38.4. The minimum atomic E-state index is -2.78. The molecule has 4 fully saturated rings. The van der Waals surface area contributed by atoms with Gasteiger partial charge in [0.15, 0.2) is 23.0 Å². The molecule has 0 saturated heterocycles. The fraction of sp³-hybridized carbons (Fsp3) is 0.766. The molecule has 0 radical (unpaired) electrons. The number of rotatable bonds is 18. The number of carbonyl (C=O) groups excluding carboxylic acids is 2. The van der Waals surface area contributed by atoms with Gasteiger partial charge >= 0.3 is 5.97 Å². The first kappa shape index (κ1) is 53.2. The largest absolute Gasteiger partial charge is 0.506 e. The number of carboxylic acids is 1. The average molecular weight is 941 g/mol. The fourth-order valence-electron chi connectivity index (χ4n) is 13.0. The first-order chi connectivity index (χ1) is 30.5. The van der Waals surface area contributed by atoms with Crippen molar-refractivity contribution in [3.63, 3.8) is 0 Å². The van der Waals surface area contributed by atoms with E-state index in [0.717, 1.165) is 32.3 Å². The van der Waals surface area contributed by atoms with E-state index in [1.165, 1.54) is 0 Å². The monoisotopic (exact) mass is 940 g/mol. The average Bonchev–Trinajstić information content (AvgIpc) is 3.24. The van der Waals surface area contributed by atoms with Gasteiger partial charge < -0.3 is 90.2 Å². The second kappa shape index (κ2) is 19.3. The number of fused-ring (bicyclic) bond motifs is 7. The van der Waals surface area contributed by atoms with E-state index in [1.807, 2.05) is 0 Å². The van der Waals surface area contributed by atoms with Gasteiger partial charge in [0.2, 0.25) is 17.8 Å². The van der Waals surface area contributed by atoms with Crippen molar-refractivity contribution in [2.75, 3.05) is 6.61 Å². The zero-order valence-corrected chi connectivity index (χ0v) is 38.8. The predicted molar refractivity (Wildman–Crippen MR) is 231 cm³/mol. The van der Waals surface area contributed by atoms with Gasteiger partial charge in [0, 0.05) is 13.0 Å². The van der Waals surface area contributed by atoms with Gasteiger partial charge in [-0.3, -0.25) is 4.79 Å². The van der Waals surface area contributed by atoms with Gasteiger partial charge in [-0.1, -0.05) is 53.7 Å². The highest BCUT2D eigenvalue weighted by atomic mass is 16.7. The maximum absolute atomic E-state index is 13.6. The molecule has 0 heterocycles. The Hall–Kier alpha value is -3.79. The Bertz CT molecular complexity index is 1940. The van der Waals surface area contributed by atoms with Crippen molar-refractivity contribution in [1.82, 2.24) is 0 Å². The molecular weight excluding hydrogens is 868 g/mol. The number of carbonyl (C=O) groups is 3. The maximum Gasteiger partial charge on any atom is 0.306 e. The molecule has 0 amide bonds. The van der Waals surface area contributed by atoms with E-state index in [2.05, 4.69) is 46.8 Å². The molecule has 374 valence electrons. The van der Waals surface area contributed by atoms with Crippen LogP contribution in [0.15, 0.2) is 46.7 Å². The normalized spacial score (nSPS) is 39.8. The molecule has 5 aliphatic carbocycles. The number of hydrogen-bond acceptors (Lipinski definition) is 18. The summed E-state index contributed by atoms with van der Waals surface area (Å²) in [6.07, 6.45) is -7.71. The van der Waals surface area contributed by atoms with Gasteiger partial charge in [-0.2, -0.15) is 0 Å². The van der Waals surface area contributed by atoms with Crippen LogP contribution in [0.4, 0.5) is 0 Å². The molecule has 5 aliphatic rings. The van der Waals surface area contributed by atoms with Crippen LogP contribution >= 0.6 is 0 Å². The highest BCUT2D eigenvalue weighted by Crippen LogP contribution is 2.75. The van der Waals surface area contributed by atoms with E-state index in [9.17, 15) is 80.8 Å². The van der Waals surface area contributed by atoms with Crippen LogP contribution in [0.3, 0.4) is 0 Å². The van der Waals surface area contributed by atoms with Crippen LogP contribution in [0.25, 0.3) is 0 Å². The second-order valence-corrected chi connectivity index (χ2v) is 21.3. The molecule has 19 heteroatoms. The Morgan fingerprint density at radius 3 is 1.88 bits per heavy atom. The number of aliphatic hydroxyl groups is 12. The predicted octanol–water partition coefficient (Wildman–Crippen LogP) is 3.19. The number of allylic oxidation sites excluding steroid dienone is 2. The van der Waals surface area contributed by atoms with Crippen molar-refractivity contribution in [2.45, 2.75) is 162 Å². The highest BCUT2D eigenvalue weighted by Gasteiger charge is 2.71. The zero-order valence-electron chi connectivity index (χ0n) is 38.8. The molecule has 0 spiro atoms. The summed E-state index contributed by atoms with van der Waals surface area (Å²) in [6.45, 7) is 12.9. The molecule has 4 saturated carbocycles. The van der Waals surface area contributed by atoms with Crippen LogP contribution in [0.5, 0.6) is 0 Å². The number of ether oxygens (including phenoxy) is 3. The molecule has 7 unspecified atom stereocenters. The topological polar surface area (TPSA) is 342 Å². The van der Waals surface area contributed by atoms with Gasteiger partial charge in [-0.25, -0.2) is 0 Å². The van der Waals surface area contributed by atoms with E-state index in [0.29, 0.717) is 32.1 Å². The van der Waals surface area contributed by atoms with Crippen LogP contribution in [-0.2, 0) is 28.6 Å². The molecule has 5 rings (SSSR count). The van der Waals surface area contributed by atoms with Crippen LogP contribution in [0, 0.1) is 56.2 Å². The lowest BCUT2D eigenvalue weighted by Crippen LogP contribution is -2.68. The van der Waals surface area contributed by atoms with E-state index in [1.54, 1.807) is 6.92 Å². The Morgan fingerprint density at radius 1 is 0.712 bits per heavy atom. The smallest absolute Gasteiger partial charge is 0.306 e. The lowest BCUT2D eigenvalue weighted by molar-refractivity contribution is -0.251. The molecule has 13 N–H and O–H groups in total. The Balaban J connectivity index is 1.56. The molecule has 66 heavy (non-hydrogen) atoms. The SMILES string of the molecule is CC(O)/C(O)=C(\O)C(O)O/C(=C(\OC(O)/C(O)=C(/O)C(O)CCO)C(O)O[C@H]1CC[C@]2(C)[C@H]3C=CC4[C@@H]5CC(C)(C)CC[C@]5(C=O)[C@H](O)C[C@@]4(C)[C@]3(C)CC[C@H]2[C@]1(C)C=O)C(O)CC(=O)O. The third-order valence-corrected chi connectivity index (χ3v) is 16.9. The number of aldehydes is 2. The van der Waals surface area contributed by atoms with Gasteiger partial charge in [-0.15, -0.1) is 0 Å². The van der Waals surface area contributed by atoms with Gasteiger partial charge in [-0.05, 0) is 104 Å². The molecule has 0 aliphatic heterocycles. The van der Waals surface area contributed by atoms with Crippen molar-refractivity contribution >= 4 is 18.5 Å². The summed E-state index contributed by atoms with van der Waals surface area (Å²) in [7, 11) is 0. The minimum Gasteiger partial charge on any atom is -0.506 e. The molecule has 17 atom stereocenters. The summed E-state index contributed by atoms with van der Waals surface area (Å²) in [5, 5.41) is 137. The molecule has 0 aromatic heterocycles. The Labute approximate surface area is 384 Å². The van der Waals surface area contributed by atoms with Crippen LogP contribution < -0.4 is 0 Å². The number of carboxylic acid groups (broad SMARTS) is 1.